The predicted octanol–water partition coefficient (Wildman–Crippen LogP) is 1.29. The fraction of sp³-hybridized carbons (Fsp3) is 0.857. The molecular formula is C14H26N2O4. The van der Waals surface area contributed by atoms with Crippen LogP contribution in [-0.4, -0.2) is 53.4 Å². The zero-order valence-corrected chi connectivity index (χ0v) is 12.6. The second-order valence-electron chi connectivity index (χ2n) is 6.07. The lowest BCUT2D eigenvalue weighted by atomic mass is 9.71. The Morgan fingerprint density at radius 2 is 1.95 bits per heavy atom. The second kappa shape index (κ2) is 6.92. The molecule has 3 N–H and O–H groups in total. The topological polar surface area (TPSA) is 89.9 Å². The molecule has 1 aliphatic carbocycles. The molecule has 1 fully saturated rings. The molecular weight excluding hydrogens is 260 g/mol. The quantitative estimate of drug-likeness (QED) is 0.710. The van der Waals surface area contributed by atoms with Gasteiger partial charge in [-0.1, -0.05) is 6.92 Å². The van der Waals surface area contributed by atoms with Gasteiger partial charge in [0, 0.05) is 13.6 Å². The SMILES string of the molecule is CC1CCC(CNC(=O)N(C)C(C)CO)(C(=O)O)CC1. The van der Waals surface area contributed by atoms with Gasteiger partial charge in [0.05, 0.1) is 18.1 Å². The van der Waals surface area contributed by atoms with Crippen LogP contribution in [-0.2, 0) is 4.79 Å². The summed E-state index contributed by atoms with van der Waals surface area (Å²) in [4.78, 5) is 24.9. The van der Waals surface area contributed by atoms with Gasteiger partial charge < -0.3 is 20.4 Å². The van der Waals surface area contributed by atoms with Crippen LogP contribution in [0, 0.1) is 11.3 Å². The van der Waals surface area contributed by atoms with Crippen molar-refractivity contribution >= 4 is 12.0 Å². The van der Waals surface area contributed by atoms with E-state index in [9.17, 15) is 14.7 Å². The summed E-state index contributed by atoms with van der Waals surface area (Å²) in [5, 5.41) is 21.2. The van der Waals surface area contributed by atoms with E-state index in [1.807, 2.05) is 0 Å². The van der Waals surface area contributed by atoms with Crippen LogP contribution in [0.5, 0.6) is 0 Å². The number of carbonyl (C=O) groups excluding carboxylic acids is 1. The molecule has 0 aromatic rings. The smallest absolute Gasteiger partial charge is 0.317 e. The van der Waals surface area contributed by atoms with E-state index in [4.69, 9.17) is 5.11 Å². The number of hydrogen-bond donors (Lipinski definition) is 3. The van der Waals surface area contributed by atoms with Crippen molar-refractivity contribution in [1.82, 2.24) is 10.2 Å². The number of aliphatic carboxylic acids is 1. The first kappa shape index (κ1) is 16.8. The normalized spacial score (nSPS) is 27.7. The number of nitrogens with zero attached hydrogens (tertiary/aromatic N) is 1. The lowest BCUT2D eigenvalue weighted by Gasteiger charge is -2.36. The third kappa shape index (κ3) is 3.85. The van der Waals surface area contributed by atoms with Gasteiger partial charge in [-0.15, -0.1) is 0 Å². The van der Waals surface area contributed by atoms with Crippen molar-refractivity contribution in [2.24, 2.45) is 11.3 Å². The van der Waals surface area contributed by atoms with Crippen LogP contribution in [0.1, 0.15) is 39.5 Å². The van der Waals surface area contributed by atoms with Crippen molar-refractivity contribution in [3.05, 3.63) is 0 Å². The fourth-order valence-electron chi connectivity index (χ4n) is 2.47. The molecule has 0 aromatic heterocycles. The molecule has 0 saturated heterocycles. The highest BCUT2D eigenvalue weighted by Gasteiger charge is 2.41. The number of likely N-dealkylation sites (N-methyl/N-ethyl adjacent to an activating group) is 1. The molecule has 0 spiro atoms. The number of amides is 2. The minimum atomic E-state index is -0.842. The molecule has 6 nitrogen and oxygen atoms in total. The molecule has 6 heteroatoms. The van der Waals surface area contributed by atoms with Crippen molar-refractivity contribution in [3.8, 4) is 0 Å². The third-order valence-corrected chi connectivity index (χ3v) is 4.51. The Labute approximate surface area is 120 Å². The maximum atomic E-state index is 11.9. The Balaban J connectivity index is 2.60. The summed E-state index contributed by atoms with van der Waals surface area (Å²) in [6, 6.07) is -0.632. The van der Waals surface area contributed by atoms with Gasteiger partial charge in [-0.05, 0) is 38.5 Å². The van der Waals surface area contributed by atoms with Gasteiger partial charge in [0.1, 0.15) is 0 Å². The van der Waals surface area contributed by atoms with Crippen molar-refractivity contribution in [2.45, 2.75) is 45.6 Å². The minimum absolute atomic E-state index is 0.120. The van der Waals surface area contributed by atoms with Crippen molar-refractivity contribution in [2.75, 3.05) is 20.2 Å². The van der Waals surface area contributed by atoms with Crippen LogP contribution in [0.15, 0.2) is 0 Å². The molecule has 0 bridgehead atoms. The van der Waals surface area contributed by atoms with E-state index in [1.54, 1.807) is 14.0 Å². The summed E-state index contributed by atoms with van der Waals surface area (Å²) in [7, 11) is 1.59. The molecule has 1 aliphatic rings. The lowest BCUT2D eigenvalue weighted by molar-refractivity contribution is -0.151. The molecule has 1 rings (SSSR count). The Hall–Kier alpha value is -1.30. The summed E-state index contributed by atoms with van der Waals surface area (Å²) < 4.78 is 0. The summed E-state index contributed by atoms with van der Waals surface area (Å²) in [5.41, 5.74) is -0.842. The second-order valence-corrected chi connectivity index (χ2v) is 6.07. The van der Waals surface area contributed by atoms with Crippen LogP contribution in [0.4, 0.5) is 4.79 Å². The Kier molecular flexibility index (Phi) is 5.80. The zero-order chi connectivity index (χ0) is 15.3. The Bertz CT molecular complexity index is 351. The highest BCUT2D eigenvalue weighted by atomic mass is 16.4. The molecule has 0 aliphatic heterocycles. The van der Waals surface area contributed by atoms with E-state index in [0.717, 1.165) is 12.8 Å². The maximum absolute atomic E-state index is 11.9. The number of carboxylic acids is 1. The number of aliphatic hydroxyl groups excluding tert-OH is 1. The van der Waals surface area contributed by atoms with Gasteiger partial charge in [-0.2, -0.15) is 0 Å². The molecule has 2 amide bonds. The molecule has 1 saturated carbocycles. The van der Waals surface area contributed by atoms with Gasteiger partial charge in [0.15, 0.2) is 0 Å². The minimum Gasteiger partial charge on any atom is -0.481 e. The fourth-order valence-corrected chi connectivity index (χ4v) is 2.47. The van der Waals surface area contributed by atoms with E-state index in [0.29, 0.717) is 18.8 Å². The van der Waals surface area contributed by atoms with Crippen molar-refractivity contribution in [3.63, 3.8) is 0 Å². The summed E-state index contributed by atoms with van der Waals surface area (Å²) in [6.45, 7) is 3.89. The van der Waals surface area contributed by atoms with Gasteiger partial charge in [0.2, 0.25) is 0 Å². The summed E-state index contributed by atoms with van der Waals surface area (Å²) >= 11 is 0. The summed E-state index contributed by atoms with van der Waals surface area (Å²) in [6.07, 6.45) is 2.96. The van der Waals surface area contributed by atoms with Crippen LogP contribution < -0.4 is 5.32 Å². The monoisotopic (exact) mass is 286 g/mol. The lowest BCUT2D eigenvalue weighted by Crippen LogP contribution is -2.50. The van der Waals surface area contributed by atoms with Gasteiger partial charge in [-0.25, -0.2) is 4.79 Å². The molecule has 0 heterocycles. The first-order chi connectivity index (χ1) is 9.32. The predicted molar refractivity (Wildman–Crippen MR) is 75.4 cm³/mol. The molecule has 1 unspecified atom stereocenters. The molecule has 20 heavy (non-hydrogen) atoms. The number of urea groups is 1. The molecule has 0 radical (unpaired) electrons. The number of aliphatic hydroxyl groups is 1. The number of carbonyl (C=O) groups is 2. The maximum Gasteiger partial charge on any atom is 0.317 e. The summed E-state index contributed by atoms with van der Waals surface area (Å²) in [5.74, 6) is -0.280. The standard InChI is InChI=1S/C14H26N2O4/c1-10-4-6-14(7-5-10,12(18)19)9-15-13(20)16(3)11(2)8-17/h10-11,17H,4-9H2,1-3H3,(H,15,20)(H,18,19). The van der Waals surface area contributed by atoms with Crippen LogP contribution in [0.2, 0.25) is 0 Å². The number of rotatable bonds is 5. The van der Waals surface area contributed by atoms with Crippen LogP contribution in [0.25, 0.3) is 0 Å². The Morgan fingerprint density at radius 3 is 2.40 bits per heavy atom. The van der Waals surface area contributed by atoms with E-state index in [2.05, 4.69) is 12.2 Å². The molecule has 0 aromatic carbocycles. The third-order valence-electron chi connectivity index (χ3n) is 4.51. The van der Waals surface area contributed by atoms with Crippen LogP contribution in [0.3, 0.4) is 0 Å². The first-order valence-corrected chi connectivity index (χ1v) is 7.17. The van der Waals surface area contributed by atoms with Crippen LogP contribution >= 0.6 is 0 Å². The van der Waals surface area contributed by atoms with E-state index >= 15 is 0 Å². The Morgan fingerprint density at radius 1 is 1.40 bits per heavy atom. The van der Waals surface area contributed by atoms with E-state index in [1.165, 1.54) is 4.90 Å². The molecule has 116 valence electrons. The van der Waals surface area contributed by atoms with Gasteiger partial charge >= 0.3 is 12.0 Å². The average Bonchev–Trinajstić information content (AvgIpc) is 2.44. The molecule has 1 atom stereocenters. The number of nitrogens with one attached hydrogen (secondary N) is 1. The number of hydrogen-bond acceptors (Lipinski definition) is 3. The van der Waals surface area contributed by atoms with Gasteiger partial charge in [-0.3, -0.25) is 4.79 Å². The highest BCUT2D eigenvalue weighted by Crippen LogP contribution is 2.38. The van der Waals surface area contributed by atoms with E-state index in [-0.39, 0.29) is 25.2 Å². The van der Waals surface area contributed by atoms with E-state index < -0.39 is 11.4 Å². The van der Waals surface area contributed by atoms with Crippen molar-refractivity contribution in [1.29, 1.82) is 0 Å². The first-order valence-electron chi connectivity index (χ1n) is 7.17. The van der Waals surface area contributed by atoms with Gasteiger partial charge in [0.25, 0.3) is 0 Å². The highest BCUT2D eigenvalue weighted by molar-refractivity contribution is 5.78. The van der Waals surface area contributed by atoms with Crippen molar-refractivity contribution < 1.29 is 19.8 Å². The average molecular weight is 286 g/mol. The largest absolute Gasteiger partial charge is 0.481 e. The zero-order valence-electron chi connectivity index (χ0n) is 12.6. The number of carboxylic acid groups (broad SMARTS) is 1.